The average Bonchev–Trinajstić information content (AvgIpc) is 3.10. The predicted octanol–water partition coefficient (Wildman–Crippen LogP) is 2.54. The Labute approximate surface area is 173 Å². The van der Waals surface area contributed by atoms with Crippen LogP contribution in [0.25, 0.3) is 0 Å². The molecule has 1 aromatic heterocycles. The number of carbonyl (C=O) groups excluding carboxylic acids is 1. The second kappa shape index (κ2) is 10.6. The van der Waals surface area contributed by atoms with Crippen LogP contribution in [0, 0.1) is 12.8 Å². The van der Waals surface area contributed by atoms with E-state index in [4.69, 9.17) is 0 Å². The molecule has 0 saturated carbocycles. The molecule has 1 aromatic carbocycles. The van der Waals surface area contributed by atoms with Crippen molar-refractivity contribution >= 4 is 11.9 Å². The number of guanidine groups is 1. The second-order valence-electron chi connectivity index (χ2n) is 7.49. The predicted molar refractivity (Wildman–Crippen MR) is 117 cm³/mol. The topological polar surface area (TPSA) is 69.6 Å². The maximum Gasteiger partial charge on any atom is 0.223 e. The Balaban J connectivity index is 1.49. The molecular weight excluding hydrogens is 362 g/mol. The molecule has 2 heterocycles. The number of rotatable bonds is 8. The number of likely N-dealkylation sites (tertiary alicyclic amines) is 1. The highest BCUT2D eigenvalue weighted by atomic mass is 16.2. The molecular formula is C23H31N5O. The van der Waals surface area contributed by atoms with Crippen LogP contribution in [0.2, 0.25) is 0 Å². The number of amides is 1. The van der Waals surface area contributed by atoms with E-state index in [2.05, 4.69) is 32.7 Å². The third-order valence-corrected chi connectivity index (χ3v) is 5.22. The number of nitrogens with one attached hydrogen (secondary N) is 2. The molecule has 2 aromatic rings. The van der Waals surface area contributed by atoms with Crippen molar-refractivity contribution in [2.75, 3.05) is 26.2 Å². The smallest absolute Gasteiger partial charge is 0.223 e. The van der Waals surface area contributed by atoms with E-state index in [0.717, 1.165) is 49.8 Å². The monoisotopic (exact) mass is 393 g/mol. The van der Waals surface area contributed by atoms with Gasteiger partial charge in [0.25, 0.3) is 0 Å². The van der Waals surface area contributed by atoms with Crippen molar-refractivity contribution in [2.24, 2.45) is 10.9 Å². The van der Waals surface area contributed by atoms with Gasteiger partial charge < -0.3 is 15.5 Å². The van der Waals surface area contributed by atoms with Gasteiger partial charge in [0.05, 0.1) is 12.2 Å². The zero-order valence-electron chi connectivity index (χ0n) is 17.4. The van der Waals surface area contributed by atoms with Gasteiger partial charge >= 0.3 is 0 Å². The maximum atomic E-state index is 12.4. The molecule has 0 spiro atoms. The molecule has 154 valence electrons. The summed E-state index contributed by atoms with van der Waals surface area (Å²) in [5.74, 6) is 1.32. The molecule has 1 aliphatic rings. The van der Waals surface area contributed by atoms with E-state index in [0.29, 0.717) is 18.9 Å². The molecule has 6 heteroatoms. The highest BCUT2D eigenvalue weighted by Crippen LogP contribution is 2.17. The van der Waals surface area contributed by atoms with Crippen LogP contribution in [-0.4, -0.2) is 47.9 Å². The summed E-state index contributed by atoms with van der Waals surface area (Å²) in [6.07, 6.45) is 3.30. The largest absolute Gasteiger partial charge is 0.357 e. The highest BCUT2D eigenvalue weighted by Gasteiger charge is 2.29. The summed E-state index contributed by atoms with van der Waals surface area (Å²) in [5.41, 5.74) is 3.39. The fraction of sp³-hybridized carbons (Fsp3) is 0.435. The number of carbonyl (C=O) groups is 1. The summed E-state index contributed by atoms with van der Waals surface area (Å²) in [7, 11) is 0. The van der Waals surface area contributed by atoms with Crippen LogP contribution in [0.4, 0.5) is 0 Å². The molecule has 0 aliphatic carbocycles. The van der Waals surface area contributed by atoms with E-state index >= 15 is 0 Å². The Morgan fingerprint density at radius 2 is 2.03 bits per heavy atom. The van der Waals surface area contributed by atoms with Crippen molar-refractivity contribution in [3.63, 3.8) is 0 Å². The zero-order valence-corrected chi connectivity index (χ0v) is 17.4. The first kappa shape index (κ1) is 20.8. The van der Waals surface area contributed by atoms with E-state index in [1.165, 1.54) is 5.56 Å². The fourth-order valence-electron chi connectivity index (χ4n) is 3.54. The number of aromatic nitrogens is 1. The van der Waals surface area contributed by atoms with Crippen LogP contribution in [0.1, 0.15) is 30.2 Å². The van der Waals surface area contributed by atoms with Gasteiger partial charge in [0, 0.05) is 44.7 Å². The van der Waals surface area contributed by atoms with Crippen molar-refractivity contribution in [1.82, 2.24) is 20.5 Å². The number of aliphatic imine (C=N–C) groups is 1. The molecule has 29 heavy (non-hydrogen) atoms. The van der Waals surface area contributed by atoms with Crippen LogP contribution in [0.15, 0.2) is 53.7 Å². The summed E-state index contributed by atoms with van der Waals surface area (Å²) in [6.45, 7) is 7.75. The highest BCUT2D eigenvalue weighted by molar-refractivity contribution is 5.81. The lowest BCUT2D eigenvalue weighted by Crippen LogP contribution is -2.40. The van der Waals surface area contributed by atoms with Crippen LogP contribution >= 0.6 is 0 Å². The van der Waals surface area contributed by atoms with Gasteiger partial charge in [0.15, 0.2) is 5.96 Å². The van der Waals surface area contributed by atoms with Gasteiger partial charge in [-0.25, -0.2) is 4.99 Å². The van der Waals surface area contributed by atoms with Crippen molar-refractivity contribution in [2.45, 2.75) is 33.2 Å². The lowest BCUT2D eigenvalue weighted by Gasteiger charge is -2.18. The number of hydrogen-bond donors (Lipinski definition) is 2. The number of pyridine rings is 1. The number of nitrogens with zero attached hydrogens (tertiary/aromatic N) is 3. The Bertz CT molecular complexity index is 821. The molecule has 1 aliphatic heterocycles. The molecule has 3 rings (SSSR count). The van der Waals surface area contributed by atoms with E-state index in [9.17, 15) is 4.79 Å². The number of aryl methyl sites for hydroxylation is 1. The lowest BCUT2D eigenvalue weighted by atomic mass is 10.1. The number of hydrogen-bond acceptors (Lipinski definition) is 3. The first-order valence-corrected chi connectivity index (χ1v) is 10.4. The molecule has 0 radical (unpaired) electrons. The molecule has 1 atom stereocenters. The van der Waals surface area contributed by atoms with Crippen molar-refractivity contribution in [3.05, 3.63) is 65.5 Å². The summed E-state index contributed by atoms with van der Waals surface area (Å²) in [6, 6.07) is 14.3. The summed E-state index contributed by atoms with van der Waals surface area (Å²) >= 11 is 0. The van der Waals surface area contributed by atoms with E-state index in [1.807, 2.05) is 49.1 Å². The lowest BCUT2D eigenvalue weighted by molar-refractivity contribution is -0.127. The first-order valence-electron chi connectivity index (χ1n) is 10.4. The van der Waals surface area contributed by atoms with Gasteiger partial charge in [-0.3, -0.25) is 9.78 Å². The Hall–Kier alpha value is -2.89. The van der Waals surface area contributed by atoms with Gasteiger partial charge in [-0.2, -0.15) is 0 Å². The summed E-state index contributed by atoms with van der Waals surface area (Å²) in [5, 5.41) is 6.68. The minimum Gasteiger partial charge on any atom is -0.357 e. The third-order valence-electron chi connectivity index (χ3n) is 5.22. The minimum atomic E-state index is 0.249. The van der Waals surface area contributed by atoms with Gasteiger partial charge in [-0.1, -0.05) is 36.4 Å². The fourth-order valence-corrected chi connectivity index (χ4v) is 3.54. The molecule has 1 fully saturated rings. The van der Waals surface area contributed by atoms with E-state index in [1.54, 1.807) is 6.20 Å². The average molecular weight is 394 g/mol. The van der Waals surface area contributed by atoms with Gasteiger partial charge in [-0.15, -0.1) is 0 Å². The van der Waals surface area contributed by atoms with E-state index < -0.39 is 0 Å². The van der Waals surface area contributed by atoms with Gasteiger partial charge in [0.2, 0.25) is 5.91 Å². The minimum absolute atomic E-state index is 0.249. The van der Waals surface area contributed by atoms with E-state index in [-0.39, 0.29) is 5.91 Å². The molecule has 6 nitrogen and oxygen atoms in total. The quantitative estimate of drug-likeness (QED) is 0.534. The molecule has 0 bridgehead atoms. The van der Waals surface area contributed by atoms with Crippen molar-refractivity contribution in [1.29, 1.82) is 0 Å². The normalized spacial score (nSPS) is 16.9. The molecule has 1 saturated heterocycles. The van der Waals surface area contributed by atoms with Gasteiger partial charge in [0.1, 0.15) is 0 Å². The molecule has 1 unspecified atom stereocenters. The first-order chi connectivity index (χ1) is 14.2. The Morgan fingerprint density at radius 1 is 1.21 bits per heavy atom. The summed E-state index contributed by atoms with van der Waals surface area (Å²) in [4.78, 5) is 23.4. The van der Waals surface area contributed by atoms with Crippen LogP contribution in [0.5, 0.6) is 0 Å². The SMILES string of the molecule is CCNC(=NCc1ncccc1C)NCC1CC(=O)N(CCc2ccccc2)C1. The van der Waals surface area contributed by atoms with Crippen LogP contribution in [0.3, 0.4) is 0 Å². The second-order valence-corrected chi connectivity index (χ2v) is 7.49. The van der Waals surface area contributed by atoms with Crippen LogP contribution < -0.4 is 10.6 Å². The standard InChI is InChI=1S/C23H31N5O/c1-3-24-23(27-16-21-18(2)8-7-12-25-21)26-15-20-14-22(29)28(17-20)13-11-19-9-5-4-6-10-19/h4-10,12,20H,3,11,13-17H2,1-2H3,(H2,24,26,27). The zero-order chi connectivity index (χ0) is 20.5. The Morgan fingerprint density at radius 3 is 2.79 bits per heavy atom. The van der Waals surface area contributed by atoms with Crippen molar-refractivity contribution < 1.29 is 4.79 Å². The molecule has 2 N–H and O–H groups in total. The maximum absolute atomic E-state index is 12.4. The molecule has 1 amide bonds. The van der Waals surface area contributed by atoms with Crippen molar-refractivity contribution in [3.8, 4) is 0 Å². The Kier molecular flexibility index (Phi) is 7.61. The summed E-state index contributed by atoms with van der Waals surface area (Å²) < 4.78 is 0. The van der Waals surface area contributed by atoms with Gasteiger partial charge in [-0.05, 0) is 37.5 Å². The third kappa shape index (κ3) is 6.31. The van der Waals surface area contributed by atoms with Crippen LogP contribution in [-0.2, 0) is 17.8 Å². The number of benzene rings is 1.